The molecule has 0 saturated carbocycles. The Kier molecular flexibility index (Phi) is 3.70. The Balaban J connectivity index is 1.71. The summed E-state index contributed by atoms with van der Waals surface area (Å²) in [4.78, 5) is 5.11. The van der Waals surface area contributed by atoms with Crippen molar-refractivity contribution in [3.63, 3.8) is 0 Å². The average Bonchev–Trinajstić information content (AvgIpc) is 2.38. The van der Waals surface area contributed by atoms with Crippen LogP contribution in [0.2, 0.25) is 0 Å². The highest BCUT2D eigenvalue weighted by Gasteiger charge is 2.34. The molecule has 5 nitrogen and oxygen atoms in total. The molecule has 1 N–H and O–H groups in total. The number of nitrogens with zero attached hydrogens (tertiary/aromatic N) is 2. The number of hydrogen-bond donors (Lipinski definition) is 1. The van der Waals surface area contributed by atoms with Gasteiger partial charge in [-0.3, -0.25) is 4.90 Å². The minimum Gasteiger partial charge on any atom is -0.367 e. The van der Waals surface area contributed by atoms with Gasteiger partial charge in [0.15, 0.2) is 9.84 Å². The van der Waals surface area contributed by atoms with E-state index in [0.717, 1.165) is 45.0 Å². The van der Waals surface area contributed by atoms with Crippen molar-refractivity contribution >= 4 is 15.5 Å². The second-order valence-electron chi connectivity index (χ2n) is 5.58. The Bertz CT molecular complexity index is 576. The van der Waals surface area contributed by atoms with Crippen molar-refractivity contribution < 1.29 is 8.42 Å². The number of nitrogens with one attached hydrogen (secondary N) is 1. The van der Waals surface area contributed by atoms with Crippen LogP contribution in [0.25, 0.3) is 0 Å². The third kappa shape index (κ3) is 2.68. The first kappa shape index (κ1) is 13.9. The lowest BCUT2D eigenvalue weighted by Gasteiger charge is -2.48. The molecule has 2 heterocycles. The van der Waals surface area contributed by atoms with E-state index in [4.69, 9.17) is 0 Å². The van der Waals surface area contributed by atoms with Crippen molar-refractivity contribution in [2.45, 2.75) is 10.9 Å². The van der Waals surface area contributed by atoms with E-state index >= 15 is 0 Å². The standard InChI is InChI=1S/C14H21N3O2S/c1-20(18,19)14-5-3-2-4-13(14)17-10-12(11-17)16-8-6-15-7-9-16/h2-5,12,15H,6-11H2,1H3. The molecule has 0 aromatic heterocycles. The SMILES string of the molecule is CS(=O)(=O)c1ccccc1N1CC(N2CCNCC2)C1. The van der Waals surface area contributed by atoms with Gasteiger partial charge < -0.3 is 10.2 Å². The number of rotatable bonds is 3. The minimum atomic E-state index is -3.16. The lowest BCUT2D eigenvalue weighted by atomic mass is 10.0. The first-order valence-corrected chi connectivity index (χ1v) is 8.93. The molecule has 6 heteroatoms. The summed E-state index contributed by atoms with van der Waals surface area (Å²) >= 11 is 0. The Morgan fingerprint density at radius 3 is 2.45 bits per heavy atom. The summed E-state index contributed by atoms with van der Waals surface area (Å²) in [5.41, 5.74) is 0.849. The van der Waals surface area contributed by atoms with E-state index in [2.05, 4.69) is 15.1 Å². The summed E-state index contributed by atoms with van der Waals surface area (Å²) in [5, 5.41) is 3.36. The zero-order valence-corrected chi connectivity index (χ0v) is 12.6. The molecule has 3 rings (SSSR count). The lowest BCUT2D eigenvalue weighted by molar-refractivity contribution is 0.147. The van der Waals surface area contributed by atoms with Gasteiger partial charge in [-0.2, -0.15) is 0 Å². The number of anilines is 1. The lowest BCUT2D eigenvalue weighted by Crippen LogP contribution is -2.63. The van der Waals surface area contributed by atoms with Crippen molar-refractivity contribution in [1.29, 1.82) is 0 Å². The van der Waals surface area contributed by atoms with E-state index in [1.165, 1.54) is 6.26 Å². The normalized spacial score (nSPS) is 21.8. The molecule has 2 fully saturated rings. The number of para-hydroxylation sites is 1. The van der Waals surface area contributed by atoms with Crippen LogP contribution in [0.3, 0.4) is 0 Å². The molecule has 110 valence electrons. The summed E-state index contributed by atoms with van der Waals surface area (Å²) in [6.07, 6.45) is 1.28. The van der Waals surface area contributed by atoms with Crippen LogP contribution in [0.1, 0.15) is 0 Å². The van der Waals surface area contributed by atoms with Crippen molar-refractivity contribution in [2.24, 2.45) is 0 Å². The van der Waals surface area contributed by atoms with Crippen LogP contribution in [-0.4, -0.2) is 64.9 Å². The first-order chi connectivity index (χ1) is 9.55. The van der Waals surface area contributed by atoms with Gasteiger partial charge in [0.2, 0.25) is 0 Å². The van der Waals surface area contributed by atoms with Crippen LogP contribution < -0.4 is 10.2 Å². The van der Waals surface area contributed by atoms with Crippen molar-refractivity contribution in [3.05, 3.63) is 24.3 Å². The molecule has 2 aliphatic rings. The zero-order valence-electron chi connectivity index (χ0n) is 11.7. The van der Waals surface area contributed by atoms with Gasteiger partial charge in [0.25, 0.3) is 0 Å². The largest absolute Gasteiger partial charge is 0.367 e. The Hall–Kier alpha value is -1.11. The van der Waals surface area contributed by atoms with Crippen LogP contribution in [0.4, 0.5) is 5.69 Å². The molecule has 0 amide bonds. The van der Waals surface area contributed by atoms with E-state index < -0.39 is 9.84 Å². The zero-order chi connectivity index (χ0) is 14.2. The van der Waals surface area contributed by atoms with E-state index in [9.17, 15) is 8.42 Å². The van der Waals surface area contributed by atoms with E-state index in [1.54, 1.807) is 12.1 Å². The highest BCUT2D eigenvalue weighted by molar-refractivity contribution is 7.90. The topological polar surface area (TPSA) is 52.7 Å². The number of sulfone groups is 1. The van der Waals surface area contributed by atoms with Gasteiger partial charge in [0.1, 0.15) is 0 Å². The summed E-state index contributed by atoms with van der Waals surface area (Å²) in [6.45, 7) is 6.13. The summed E-state index contributed by atoms with van der Waals surface area (Å²) in [5.74, 6) is 0. The maximum atomic E-state index is 11.8. The summed E-state index contributed by atoms with van der Waals surface area (Å²) in [6, 6.07) is 7.85. The predicted molar refractivity (Wildman–Crippen MR) is 80.0 cm³/mol. The highest BCUT2D eigenvalue weighted by Crippen LogP contribution is 2.30. The molecular formula is C14H21N3O2S. The van der Waals surface area contributed by atoms with Gasteiger partial charge in [0.05, 0.1) is 10.6 Å². The third-order valence-corrected chi connectivity index (χ3v) is 5.28. The summed E-state index contributed by atoms with van der Waals surface area (Å²) < 4.78 is 23.7. The van der Waals surface area contributed by atoms with Gasteiger partial charge in [-0.05, 0) is 12.1 Å². The predicted octanol–water partition coefficient (Wildman–Crippen LogP) is 0.184. The quantitative estimate of drug-likeness (QED) is 0.862. The van der Waals surface area contributed by atoms with Crippen molar-refractivity contribution in [3.8, 4) is 0 Å². The molecule has 0 spiro atoms. The van der Waals surface area contributed by atoms with Crippen LogP contribution in [0, 0.1) is 0 Å². The smallest absolute Gasteiger partial charge is 0.177 e. The maximum Gasteiger partial charge on any atom is 0.177 e. The first-order valence-electron chi connectivity index (χ1n) is 7.04. The Morgan fingerprint density at radius 2 is 1.80 bits per heavy atom. The fourth-order valence-corrected chi connectivity index (χ4v) is 3.86. The molecule has 1 aromatic rings. The molecule has 0 aliphatic carbocycles. The number of hydrogen-bond acceptors (Lipinski definition) is 5. The molecular weight excluding hydrogens is 274 g/mol. The monoisotopic (exact) mass is 295 g/mol. The van der Waals surface area contributed by atoms with Gasteiger partial charge in [-0.1, -0.05) is 12.1 Å². The van der Waals surface area contributed by atoms with Crippen LogP contribution in [0.15, 0.2) is 29.2 Å². The van der Waals surface area contributed by atoms with Crippen molar-refractivity contribution in [1.82, 2.24) is 10.2 Å². The van der Waals surface area contributed by atoms with Crippen LogP contribution >= 0.6 is 0 Å². The van der Waals surface area contributed by atoms with Gasteiger partial charge in [-0.15, -0.1) is 0 Å². The third-order valence-electron chi connectivity index (χ3n) is 4.14. The van der Waals surface area contributed by atoms with Gasteiger partial charge >= 0.3 is 0 Å². The molecule has 1 aromatic carbocycles. The fraction of sp³-hybridized carbons (Fsp3) is 0.571. The minimum absolute atomic E-state index is 0.443. The van der Waals surface area contributed by atoms with Crippen LogP contribution in [-0.2, 0) is 9.84 Å². The fourth-order valence-electron chi connectivity index (χ4n) is 2.96. The highest BCUT2D eigenvalue weighted by atomic mass is 32.2. The second kappa shape index (κ2) is 5.35. The summed E-state index contributed by atoms with van der Waals surface area (Å²) in [7, 11) is -3.16. The molecule has 20 heavy (non-hydrogen) atoms. The molecule has 2 saturated heterocycles. The number of benzene rings is 1. The van der Waals surface area contributed by atoms with Gasteiger partial charge in [-0.25, -0.2) is 8.42 Å². The molecule has 0 bridgehead atoms. The molecule has 0 atom stereocenters. The average molecular weight is 295 g/mol. The van der Waals surface area contributed by atoms with Gasteiger partial charge in [0, 0.05) is 51.6 Å². The Labute approximate surface area is 120 Å². The molecule has 2 aliphatic heterocycles. The Morgan fingerprint density at radius 1 is 1.15 bits per heavy atom. The van der Waals surface area contributed by atoms with Crippen molar-refractivity contribution in [2.75, 3.05) is 50.4 Å². The second-order valence-corrected chi connectivity index (χ2v) is 7.57. The van der Waals surface area contributed by atoms with E-state index in [0.29, 0.717) is 10.9 Å². The van der Waals surface area contributed by atoms with Crippen LogP contribution in [0.5, 0.6) is 0 Å². The number of piperazine rings is 1. The van der Waals surface area contributed by atoms with E-state index in [1.807, 2.05) is 12.1 Å². The maximum absolute atomic E-state index is 11.8. The van der Waals surface area contributed by atoms with E-state index in [-0.39, 0.29) is 0 Å². The molecule has 0 radical (unpaired) electrons. The molecule has 0 unspecified atom stereocenters.